The number of hydrogen-bond acceptors (Lipinski definition) is 3. The monoisotopic (exact) mass is 192 g/mol. The van der Waals surface area contributed by atoms with Crippen molar-refractivity contribution in [1.29, 1.82) is 5.41 Å². The fourth-order valence-electron chi connectivity index (χ4n) is 1.37. The Bertz CT molecular complexity index is 440. The summed E-state index contributed by atoms with van der Waals surface area (Å²) in [4.78, 5) is 4.15. The summed E-state index contributed by atoms with van der Waals surface area (Å²) in [5.41, 5.74) is 3.94. The van der Waals surface area contributed by atoms with Gasteiger partial charge in [-0.05, 0) is 38.8 Å². The molecule has 14 heavy (non-hydrogen) atoms. The first kappa shape index (κ1) is 10.6. The minimum absolute atomic E-state index is 0.386. The first-order chi connectivity index (χ1) is 6.49. The molecule has 1 aromatic rings. The standard InChI is InChI=1S/C10H16N4/c1-6-7(2)10(12-5)14(9(4)11)13-8(6)3/h11H,1-5H3. The van der Waals surface area contributed by atoms with Gasteiger partial charge in [0.1, 0.15) is 5.84 Å². The highest BCUT2D eigenvalue weighted by Gasteiger charge is 2.06. The van der Waals surface area contributed by atoms with Crippen molar-refractivity contribution in [2.75, 3.05) is 7.05 Å². The largest absolute Gasteiger partial charge is 0.287 e. The van der Waals surface area contributed by atoms with Crippen LogP contribution in [0.25, 0.3) is 0 Å². The predicted molar refractivity (Wildman–Crippen MR) is 56.7 cm³/mol. The van der Waals surface area contributed by atoms with Crippen LogP contribution in [0, 0.1) is 26.2 Å². The zero-order valence-corrected chi connectivity index (χ0v) is 9.34. The third-order valence-electron chi connectivity index (χ3n) is 2.42. The summed E-state index contributed by atoms with van der Waals surface area (Å²) in [6.45, 7) is 7.68. The van der Waals surface area contributed by atoms with Gasteiger partial charge in [0.05, 0.1) is 5.69 Å². The minimum atomic E-state index is 0.386. The van der Waals surface area contributed by atoms with Gasteiger partial charge in [0, 0.05) is 7.05 Å². The molecule has 0 aliphatic heterocycles. The SMILES string of the molecule is CN=c1c(C)c(C)c(C)nn1C(C)=N. The van der Waals surface area contributed by atoms with Crippen LogP contribution < -0.4 is 5.49 Å². The number of nitrogens with one attached hydrogen (secondary N) is 1. The average Bonchev–Trinajstić information content (AvgIpc) is 2.13. The maximum absolute atomic E-state index is 7.58. The van der Waals surface area contributed by atoms with Crippen molar-refractivity contribution < 1.29 is 0 Å². The van der Waals surface area contributed by atoms with Crippen LogP contribution in [0.5, 0.6) is 0 Å². The first-order valence-corrected chi connectivity index (χ1v) is 4.54. The molecular weight excluding hydrogens is 176 g/mol. The first-order valence-electron chi connectivity index (χ1n) is 4.54. The van der Waals surface area contributed by atoms with Crippen molar-refractivity contribution in [3.8, 4) is 0 Å². The van der Waals surface area contributed by atoms with E-state index in [0.717, 1.165) is 22.3 Å². The van der Waals surface area contributed by atoms with Gasteiger partial charge < -0.3 is 0 Å². The summed E-state index contributed by atoms with van der Waals surface area (Å²) in [6.07, 6.45) is 0. The average molecular weight is 192 g/mol. The number of aromatic nitrogens is 2. The van der Waals surface area contributed by atoms with Gasteiger partial charge in [0.2, 0.25) is 0 Å². The summed E-state index contributed by atoms with van der Waals surface area (Å²) < 4.78 is 1.57. The molecule has 0 saturated heterocycles. The molecule has 0 aliphatic carbocycles. The van der Waals surface area contributed by atoms with Gasteiger partial charge in [-0.25, -0.2) is 4.68 Å². The Balaban J connectivity index is 3.70. The second-order valence-corrected chi connectivity index (χ2v) is 3.38. The third kappa shape index (κ3) is 1.60. The van der Waals surface area contributed by atoms with Gasteiger partial charge in [0.15, 0.2) is 5.49 Å². The molecule has 0 unspecified atom stereocenters. The zero-order chi connectivity index (χ0) is 10.9. The van der Waals surface area contributed by atoms with E-state index < -0.39 is 0 Å². The van der Waals surface area contributed by atoms with E-state index >= 15 is 0 Å². The Morgan fingerprint density at radius 3 is 2.29 bits per heavy atom. The van der Waals surface area contributed by atoms with Gasteiger partial charge in [-0.1, -0.05) is 0 Å². The highest BCUT2D eigenvalue weighted by Crippen LogP contribution is 2.03. The van der Waals surface area contributed by atoms with Crippen molar-refractivity contribution in [2.45, 2.75) is 27.7 Å². The summed E-state index contributed by atoms with van der Waals surface area (Å²) >= 11 is 0. The molecule has 0 bridgehead atoms. The number of hydrogen-bond donors (Lipinski definition) is 1. The van der Waals surface area contributed by atoms with Crippen molar-refractivity contribution in [3.05, 3.63) is 22.3 Å². The lowest BCUT2D eigenvalue weighted by atomic mass is 10.1. The number of rotatable bonds is 0. The Kier molecular flexibility index (Phi) is 2.84. The Labute approximate surface area is 83.8 Å². The molecular formula is C10H16N4. The van der Waals surface area contributed by atoms with E-state index in [1.807, 2.05) is 20.8 Å². The van der Waals surface area contributed by atoms with Crippen LogP contribution >= 0.6 is 0 Å². The Morgan fingerprint density at radius 2 is 1.86 bits per heavy atom. The molecule has 0 fully saturated rings. The highest BCUT2D eigenvalue weighted by molar-refractivity contribution is 5.77. The fourth-order valence-corrected chi connectivity index (χ4v) is 1.37. The lowest BCUT2D eigenvalue weighted by Crippen LogP contribution is -2.32. The van der Waals surface area contributed by atoms with Crippen LogP contribution in [0.3, 0.4) is 0 Å². The molecule has 1 N–H and O–H groups in total. The van der Waals surface area contributed by atoms with Gasteiger partial charge in [-0.2, -0.15) is 5.10 Å². The second kappa shape index (κ2) is 3.74. The fraction of sp³-hybridized carbons (Fsp3) is 0.500. The molecule has 4 heteroatoms. The maximum atomic E-state index is 7.58. The molecule has 0 saturated carbocycles. The van der Waals surface area contributed by atoms with E-state index in [0.29, 0.717) is 5.84 Å². The van der Waals surface area contributed by atoms with E-state index in [9.17, 15) is 0 Å². The second-order valence-electron chi connectivity index (χ2n) is 3.38. The van der Waals surface area contributed by atoms with Crippen molar-refractivity contribution in [2.24, 2.45) is 4.99 Å². The normalized spacial score (nSPS) is 11.9. The van der Waals surface area contributed by atoms with E-state index in [-0.39, 0.29) is 0 Å². The quantitative estimate of drug-likeness (QED) is 0.487. The smallest absolute Gasteiger partial charge is 0.153 e. The molecule has 0 aliphatic rings. The lowest BCUT2D eigenvalue weighted by molar-refractivity contribution is 0.773. The van der Waals surface area contributed by atoms with E-state index in [1.165, 1.54) is 0 Å². The number of nitrogens with zero attached hydrogens (tertiary/aromatic N) is 3. The van der Waals surface area contributed by atoms with E-state index in [1.54, 1.807) is 18.7 Å². The van der Waals surface area contributed by atoms with Crippen molar-refractivity contribution in [3.63, 3.8) is 0 Å². The molecule has 1 heterocycles. The van der Waals surface area contributed by atoms with Crippen molar-refractivity contribution in [1.82, 2.24) is 9.78 Å². The van der Waals surface area contributed by atoms with Gasteiger partial charge >= 0.3 is 0 Å². The van der Waals surface area contributed by atoms with E-state index in [4.69, 9.17) is 5.41 Å². The summed E-state index contributed by atoms with van der Waals surface area (Å²) in [5, 5.41) is 11.9. The summed E-state index contributed by atoms with van der Waals surface area (Å²) in [6, 6.07) is 0. The molecule has 0 radical (unpaired) electrons. The van der Waals surface area contributed by atoms with Crippen LogP contribution in [-0.4, -0.2) is 22.7 Å². The molecule has 0 aromatic carbocycles. The minimum Gasteiger partial charge on any atom is -0.287 e. The highest BCUT2D eigenvalue weighted by atomic mass is 15.3. The molecule has 76 valence electrons. The van der Waals surface area contributed by atoms with Crippen LogP contribution in [0.15, 0.2) is 4.99 Å². The zero-order valence-electron chi connectivity index (χ0n) is 9.34. The molecule has 0 amide bonds. The van der Waals surface area contributed by atoms with Gasteiger partial charge in [-0.15, -0.1) is 0 Å². The van der Waals surface area contributed by atoms with E-state index in [2.05, 4.69) is 10.1 Å². The van der Waals surface area contributed by atoms with Crippen LogP contribution in [0.2, 0.25) is 0 Å². The van der Waals surface area contributed by atoms with Crippen molar-refractivity contribution >= 4 is 5.84 Å². The molecule has 0 atom stereocenters. The predicted octanol–water partition coefficient (Wildman–Crippen LogP) is 1.18. The lowest BCUT2D eigenvalue weighted by Gasteiger charge is -2.10. The van der Waals surface area contributed by atoms with Crippen LogP contribution in [-0.2, 0) is 0 Å². The molecule has 1 aromatic heterocycles. The van der Waals surface area contributed by atoms with Gasteiger partial charge in [-0.3, -0.25) is 10.4 Å². The number of aryl methyl sites for hydroxylation is 1. The van der Waals surface area contributed by atoms with Gasteiger partial charge in [0.25, 0.3) is 0 Å². The molecule has 1 rings (SSSR count). The molecule has 0 spiro atoms. The third-order valence-corrected chi connectivity index (χ3v) is 2.42. The summed E-state index contributed by atoms with van der Waals surface area (Å²) in [5.74, 6) is 0.386. The van der Waals surface area contributed by atoms with Crippen LogP contribution in [0.4, 0.5) is 0 Å². The molecule has 4 nitrogen and oxygen atoms in total. The maximum Gasteiger partial charge on any atom is 0.153 e. The topological polar surface area (TPSA) is 54.0 Å². The summed E-state index contributed by atoms with van der Waals surface area (Å²) in [7, 11) is 1.72. The Hall–Kier alpha value is -1.45. The Morgan fingerprint density at radius 1 is 1.29 bits per heavy atom. The van der Waals surface area contributed by atoms with Crippen LogP contribution in [0.1, 0.15) is 23.7 Å².